The molecular formula is C20H19N3O. The predicted octanol–water partition coefficient (Wildman–Crippen LogP) is 4.22. The van der Waals surface area contributed by atoms with Gasteiger partial charge in [-0.15, -0.1) is 0 Å². The number of hydrogen-bond donors (Lipinski definition) is 1. The highest BCUT2D eigenvalue weighted by molar-refractivity contribution is 5.97. The highest BCUT2D eigenvalue weighted by atomic mass is 16.1. The molecule has 0 spiro atoms. The molecule has 1 aliphatic heterocycles. The van der Waals surface area contributed by atoms with Crippen molar-refractivity contribution < 1.29 is 4.79 Å². The molecule has 0 bridgehead atoms. The van der Waals surface area contributed by atoms with Crippen molar-refractivity contribution in [2.24, 2.45) is 0 Å². The van der Waals surface area contributed by atoms with Crippen LogP contribution in [0.25, 0.3) is 11.0 Å². The third-order valence-corrected chi connectivity index (χ3v) is 4.57. The molecule has 0 aliphatic carbocycles. The molecule has 0 unspecified atom stereocenters. The number of allylic oxidation sites excluding steroid dienone is 2. The molecule has 1 aromatic heterocycles. The largest absolute Gasteiger partial charge is 0.329 e. The Bertz CT molecular complexity index is 997. The minimum atomic E-state index is -0.161. The van der Waals surface area contributed by atoms with Gasteiger partial charge in [0.05, 0.1) is 17.1 Å². The van der Waals surface area contributed by atoms with Gasteiger partial charge >= 0.3 is 0 Å². The second-order valence-electron chi connectivity index (χ2n) is 6.33. The van der Waals surface area contributed by atoms with E-state index < -0.39 is 0 Å². The molecule has 24 heavy (non-hydrogen) atoms. The molecule has 1 aliphatic rings. The van der Waals surface area contributed by atoms with Gasteiger partial charge in [-0.25, -0.2) is 4.98 Å². The topological polar surface area (TPSA) is 46.9 Å². The van der Waals surface area contributed by atoms with E-state index in [1.165, 1.54) is 5.56 Å². The standard InChI is InChI=1S/C20H19N3O/c1-12-7-6-8-15(11-12)19-18(14(3)24)13(2)21-20-22-16-9-4-5-10-17(16)23(19)20/h4-11,19H,1-3H3,(H,21,22)/t19-/m1/s1. The number of Topliss-reactive ketones (excluding diaryl/α,β-unsaturated/α-hetero) is 1. The maximum absolute atomic E-state index is 12.4. The Morgan fingerprint density at radius 1 is 1.12 bits per heavy atom. The van der Waals surface area contributed by atoms with Crippen LogP contribution in [0.3, 0.4) is 0 Å². The van der Waals surface area contributed by atoms with Crippen LogP contribution in [-0.2, 0) is 4.79 Å². The Morgan fingerprint density at radius 3 is 2.67 bits per heavy atom. The maximum atomic E-state index is 12.4. The van der Waals surface area contributed by atoms with Crippen LogP contribution in [0.15, 0.2) is 59.8 Å². The monoisotopic (exact) mass is 317 g/mol. The Balaban J connectivity index is 2.05. The number of imidazole rings is 1. The number of benzene rings is 2. The number of carbonyl (C=O) groups is 1. The first-order chi connectivity index (χ1) is 11.6. The van der Waals surface area contributed by atoms with Crippen LogP contribution in [0.2, 0.25) is 0 Å². The van der Waals surface area contributed by atoms with Crippen LogP contribution in [-0.4, -0.2) is 15.3 Å². The zero-order chi connectivity index (χ0) is 16.8. The molecule has 0 fully saturated rings. The number of rotatable bonds is 2. The summed E-state index contributed by atoms with van der Waals surface area (Å²) in [5.74, 6) is 0.861. The Morgan fingerprint density at radius 2 is 1.92 bits per heavy atom. The SMILES string of the molecule is CC(=O)C1=C(C)Nc2nc3ccccc3n2[C@@H]1c1cccc(C)c1. The van der Waals surface area contributed by atoms with Gasteiger partial charge in [-0.1, -0.05) is 42.0 Å². The van der Waals surface area contributed by atoms with E-state index in [-0.39, 0.29) is 11.8 Å². The van der Waals surface area contributed by atoms with Crippen LogP contribution < -0.4 is 5.32 Å². The zero-order valence-corrected chi connectivity index (χ0v) is 14.0. The van der Waals surface area contributed by atoms with Crippen LogP contribution in [0.1, 0.15) is 31.0 Å². The minimum Gasteiger partial charge on any atom is -0.329 e. The smallest absolute Gasteiger partial charge is 0.209 e. The normalized spacial score (nSPS) is 16.9. The van der Waals surface area contributed by atoms with Gasteiger partial charge in [-0.3, -0.25) is 9.36 Å². The van der Waals surface area contributed by atoms with Crippen LogP contribution in [0.4, 0.5) is 5.95 Å². The van der Waals surface area contributed by atoms with Crippen molar-refractivity contribution in [1.82, 2.24) is 9.55 Å². The molecule has 2 heterocycles. The molecule has 3 aromatic rings. The molecular weight excluding hydrogens is 298 g/mol. The molecule has 4 nitrogen and oxygen atoms in total. The molecule has 0 radical (unpaired) electrons. The van der Waals surface area contributed by atoms with Crippen LogP contribution in [0.5, 0.6) is 0 Å². The fourth-order valence-electron chi connectivity index (χ4n) is 3.58. The first-order valence-corrected chi connectivity index (χ1v) is 8.08. The number of fused-ring (bicyclic) bond motifs is 3. The summed E-state index contributed by atoms with van der Waals surface area (Å²) in [6, 6.07) is 16.2. The molecule has 4 rings (SSSR count). The van der Waals surface area contributed by atoms with Crippen LogP contribution >= 0.6 is 0 Å². The van der Waals surface area contributed by atoms with Gasteiger partial charge in [0.15, 0.2) is 5.78 Å². The summed E-state index contributed by atoms with van der Waals surface area (Å²) in [7, 11) is 0. The zero-order valence-electron chi connectivity index (χ0n) is 14.0. The average Bonchev–Trinajstić information content (AvgIpc) is 2.91. The second-order valence-corrected chi connectivity index (χ2v) is 6.33. The summed E-state index contributed by atoms with van der Waals surface area (Å²) >= 11 is 0. The van der Waals surface area contributed by atoms with E-state index in [2.05, 4.69) is 41.1 Å². The van der Waals surface area contributed by atoms with E-state index in [1.807, 2.05) is 31.2 Å². The summed E-state index contributed by atoms with van der Waals surface area (Å²) in [4.78, 5) is 17.1. The van der Waals surface area contributed by atoms with E-state index >= 15 is 0 Å². The van der Waals surface area contributed by atoms with Gasteiger partial charge in [0.2, 0.25) is 5.95 Å². The summed E-state index contributed by atoms with van der Waals surface area (Å²) < 4.78 is 2.13. The third kappa shape index (κ3) is 2.14. The average molecular weight is 317 g/mol. The number of anilines is 1. The van der Waals surface area contributed by atoms with Crippen molar-refractivity contribution >= 4 is 22.8 Å². The summed E-state index contributed by atoms with van der Waals surface area (Å²) in [5.41, 5.74) is 5.89. The summed E-state index contributed by atoms with van der Waals surface area (Å²) in [6.45, 7) is 5.65. The lowest BCUT2D eigenvalue weighted by Crippen LogP contribution is -2.27. The van der Waals surface area contributed by atoms with E-state index in [9.17, 15) is 4.79 Å². The van der Waals surface area contributed by atoms with Crippen molar-refractivity contribution in [3.05, 3.63) is 70.9 Å². The molecule has 120 valence electrons. The van der Waals surface area contributed by atoms with Crippen molar-refractivity contribution in [3.8, 4) is 0 Å². The quantitative estimate of drug-likeness (QED) is 0.769. The van der Waals surface area contributed by atoms with E-state index in [4.69, 9.17) is 4.98 Å². The first kappa shape index (κ1) is 14.7. The lowest BCUT2D eigenvalue weighted by molar-refractivity contribution is -0.114. The minimum absolute atomic E-state index is 0.0786. The summed E-state index contributed by atoms with van der Waals surface area (Å²) in [6.07, 6.45) is 0. The molecule has 1 N–H and O–H groups in total. The number of hydrogen-bond acceptors (Lipinski definition) is 3. The van der Waals surface area contributed by atoms with Crippen LogP contribution in [0, 0.1) is 6.92 Å². The fourth-order valence-corrected chi connectivity index (χ4v) is 3.58. The Labute approximate surface area is 140 Å². The number of carbonyl (C=O) groups excluding carboxylic acids is 1. The van der Waals surface area contributed by atoms with E-state index in [0.29, 0.717) is 0 Å². The number of nitrogens with one attached hydrogen (secondary N) is 1. The molecule has 1 atom stereocenters. The van der Waals surface area contributed by atoms with Gasteiger partial charge in [0.1, 0.15) is 0 Å². The van der Waals surface area contributed by atoms with Gasteiger partial charge < -0.3 is 5.32 Å². The lowest BCUT2D eigenvalue weighted by atomic mass is 9.92. The number of ketones is 1. The van der Waals surface area contributed by atoms with Crippen molar-refractivity contribution in [1.29, 1.82) is 0 Å². The Kier molecular flexibility index (Phi) is 3.27. The van der Waals surface area contributed by atoms with Crippen molar-refractivity contribution in [2.45, 2.75) is 26.8 Å². The van der Waals surface area contributed by atoms with Gasteiger partial charge in [0.25, 0.3) is 0 Å². The molecule has 2 aromatic carbocycles. The van der Waals surface area contributed by atoms with Crippen molar-refractivity contribution in [3.63, 3.8) is 0 Å². The van der Waals surface area contributed by atoms with Gasteiger partial charge in [-0.05, 0) is 38.5 Å². The summed E-state index contributed by atoms with van der Waals surface area (Å²) in [5, 5.41) is 3.31. The van der Waals surface area contributed by atoms with E-state index in [1.54, 1.807) is 6.92 Å². The number of aromatic nitrogens is 2. The highest BCUT2D eigenvalue weighted by Gasteiger charge is 2.32. The predicted molar refractivity (Wildman–Crippen MR) is 96.1 cm³/mol. The first-order valence-electron chi connectivity index (χ1n) is 8.08. The second kappa shape index (κ2) is 5.34. The molecule has 0 amide bonds. The van der Waals surface area contributed by atoms with Gasteiger partial charge in [0, 0.05) is 11.3 Å². The molecule has 4 heteroatoms. The lowest BCUT2D eigenvalue weighted by Gasteiger charge is -2.30. The maximum Gasteiger partial charge on any atom is 0.209 e. The Hall–Kier alpha value is -2.88. The van der Waals surface area contributed by atoms with Gasteiger partial charge in [-0.2, -0.15) is 0 Å². The number of aryl methyl sites for hydroxylation is 1. The van der Waals surface area contributed by atoms with Crippen molar-refractivity contribution in [2.75, 3.05) is 5.32 Å². The highest BCUT2D eigenvalue weighted by Crippen LogP contribution is 2.39. The molecule has 0 saturated carbocycles. The third-order valence-electron chi connectivity index (χ3n) is 4.57. The molecule has 0 saturated heterocycles. The number of para-hydroxylation sites is 2. The van der Waals surface area contributed by atoms with E-state index in [0.717, 1.165) is 33.8 Å². The fraction of sp³-hybridized carbons (Fsp3) is 0.200. The number of nitrogens with zero attached hydrogens (tertiary/aromatic N) is 2.